The van der Waals surface area contributed by atoms with E-state index < -0.39 is 0 Å². The van der Waals surface area contributed by atoms with Crippen molar-refractivity contribution in [1.82, 2.24) is 0 Å². The third-order valence-corrected chi connectivity index (χ3v) is 5.42. The molecule has 0 radical (unpaired) electrons. The maximum Gasteiger partial charge on any atom is 0.296 e. The summed E-state index contributed by atoms with van der Waals surface area (Å²) in [4.78, 5) is 15.2. The van der Waals surface area contributed by atoms with E-state index in [9.17, 15) is 4.79 Å². The predicted molar refractivity (Wildman–Crippen MR) is 108 cm³/mol. The maximum absolute atomic E-state index is 13.2. The van der Waals surface area contributed by atoms with Crippen LogP contribution < -0.4 is 9.47 Å². The van der Waals surface area contributed by atoms with Crippen molar-refractivity contribution in [3.8, 4) is 0 Å². The molecule has 27 heavy (non-hydrogen) atoms. The number of rotatable bonds is 4. The summed E-state index contributed by atoms with van der Waals surface area (Å²) in [5.41, 5.74) is 4.86. The molecule has 0 fully saturated rings. The summed E-state index contributed by atoms with van der Waals surface area (Å²) in [5, 5.41) is 0. The zero-order chi connectivity index (χ0) is 18.8. The molecular formula is C24H25N2O+. The van der Waals surface area contributed by atoms with Crippen molar-refractivity contribution in [2.45, 2.75) is 38.8 Å². The smallest absolute Gasteiger partial charge is 0.296 e. The summed E-state index contributed by atoms with van der Waals surface area (Å²) in [6, 6.07) is 22.9. The van der Waals surface area contributed by atoms with Gasteiger partial charge in [-0.3, -0.25) is 4.79 Å². The molecule has 0 spiro atoms. The van der Waals surface area contributed by atoms with Crippen LogP contribution in [0.1, 0.15) is 36.6 Å². The molecule has 2 heterocycles. The molecule has 136 valence electrons. The Morgan fingerprint density at radius 1 is 1.00 bits per heavy atom. The van der Waals surface area contributed by atoms with Crippen LogP contribution in [0.3, 0.4) is 0 Å². The van der Waals surface area contributed by atoms with E-state index in [1.807, 2.05) is 47.0 Å². The van der Waals surface area contributed by atoms with E-state index >= 15 is 0 Å². The van der Waals surface area contributed by atoms with Gasteiger partial charge in [0, 0.05) is 30.8 Å². The lowest BCUT2D eigenvalue weighted by molar-refractivity contribution is -0.705. The second-order valence-corrected chi connectivity index (χ2v) is 7.38. The fourth-order valence-electron chi connectivity index (χ4n) is 3.91. The number of hydrogen-bond donors (Lipinski definition) is 0. The lowest BCUT2D eigenvalue weighted by Crippen LogP contribution is -2.49. The van der Waals surface area contributed by atoms with Gasteiger partial charge < -0.3 is 4.90 Å². The van der Waals surface area contributed by atoms with Crippen molar-refractivity contribution in [1.29, 1.82) is 0 Å². The minimum atomic E-state index is -0.232. The second kappa shape index (κ2) is 7.36. The van der Waals surface area contributed by atoms with Gasteiger partial charge in [-0.15, -0.1) is 0 Å². The van der Waals surface area contributed by atoms with Crippen LogP contribution in [0.15, 0.2) is 79.1 Å². The topological polar surface area (TPSA) is 24.2 Å². The molecule has 2 aromatic carbocycles. The molecule has 0 aliphatic carbocycles. The fraction of sp³-hybridized carbons (Fsp3) is 0.250. The zero-order valence-electron chi connectivity index (χ0n) is 15.9. The average Bonchev–Trinajstić information content (AvgIpc) is 3.04. The first kappa shape index (κ1) is 17.5. The molecule has 0 bridgehead atoms. The SMILES string of the molecule is C[C@H](C(=O)N1c2ccccc2C[C@@H]1C)[n+]1ccc(Cc2ccccc2)cc1. The van der Waals surface area contributed by atoms with E-state index in [-0.39, 0.29) is 18.0 Å². The highest BCUT2D eigenvalue weighted by Crippen LogP contribution is 2.32. The molecule has 1 aromatic heterocycles. The zero-order valence-corrected chi connectivity index (χ0v) is 15.9. The van der Waals surface area contributed by atoms with Gasteiger partial charge >= 0.3 is 0 Å². The normalized spacial score (nSPS) is 16.8. The van der Waals surface area contributed by atoms with Crippen LogP contribution in [-0.2, 0) is 17.6 Å². The molecule has 3 nitrogen and oxygen atoms in total. The summed E-state index contributed by atoms with van der Waals surface area (Å²) in [5.74, 6) is 0.147. The van der Waals surface area contributed by atoms with Gasteiger partial charge in [0.15, 0.2) is 12.4 Å². The number of pyridine rings is 1. The first-order valence-electron chi connectivity index (χ1n) is 9.58. The van der Waals surface area contributed by atoms with Crippen molar-refractivity contribution in [3.05, 3.63) is 95.8 Å². The standard InChI is InChI=1S/C24H25N2O/c1-18-16-22-10-6-7-11-23(22)26(18)24(27)19(2)25-14-12-21(13-15-25)17-20-8-4-3-5-9-20/h3-15,18-19H,16-17H2,1-2H3/q+1/t18-,19+/m0/s1. The number of benzene rings is 2. The highest BCUT2D eigenvalue weighted by Gasteiger charge is 2.36. The van der Waals surface area contributed by atoms with Crippen molar-refractivity contribution >= 4 is 11.6 Å². The van der Waals surface area contributed by atoms with Gasteiger partial charge in [-0.2, -0.15) is 4.57 Å². The number of nitrogens with zero attached hydrogens (tertiary/aromatic N) is 2. The summed E-state index contributed by atoms with van der Waals surface area (Å²) in [6.45, 7) is 4.10. The molecule has 1 aliphatic heterocycles. The summed E-state index contributed by atoms with van der Waals surface area (Å²) in [6.07, 6.45) is 5.87. The molecule has 1 aliphatic rings. The number of amides is 1. The number of aromatic nitrogens is 1. The van der Waals surface area contributed by atoms with Crippen molar-refractivity contribution in [2.75, 3.05) is 4.90 Å². The molecule has 0 unspecified atom stereocenters. The fourth-order valence-corrected chi connectivity index (χ4v) is 3.91. The number of carbonyl (C=O) groups excluding carboxylic acids is 1. The van der Waals surface area contributed by atoms with Crippen molar-refractivity contribution < 1.29 is 9.36 Å². The van der Waals surface area contributed by atoms with Gasteiger partial charge in [0.1, 0.15) is 0 Å². The Hall–Kier alpha value is -2.94. The molecule has 3 heteroatoms. The van der Waals surface area contributed by atoms with E-state index in [2.05, 4.69) is 55.5 Å². The van der Waals surface area contributed by atoms with Gasteiger partial charge in [-0.25, -0.2) is 0 Å². The summed E-state index contributed by atoms with van der Waals surface area (Å²) >= 11 is 0. The molecule has 2 atom stereocenters. The first-order chi connectivity index (χ1) is 13.1. The summed E-state index contributed by atoms with van der Waals surface area (Å²) < 4.78 is 2.00. The number of carbonyl (C=O) groups is 1. The minimum Gasteiger partial charge on any atom is -0.303 e. The number of para-hydroxylation sites is 1. The van der Waals surface area contributed by atoms with E-state index in [1.54, 1.807) is 0 Å². The Bertz CT molecular complexity index is 934. The Labute approximate surface area is 160 Å². The second-order valence-electron chi connectivity index (χ2n) is 7.38. The molecule has 4 rings (SSSR count). The highest BCUT2D eigenvalue weighted by molar-refractivity contribution is 5.97. The average molecular weight is 357 g/mol. The largest absolute Gasteiger partial charge is 0.303 e. The van der Waals surface area contributed by atoms with E-state index in [0.29, 0.717) is 0 Å². The van der Waals surface area contributed by atoms with Crippen LogP contribution in [0.25, 0.3) is 0 Å². The van der Waals surface area contributed by atoms with Crippen LogP contribution in [0.2, 0.25) is 0 Å². The number of anilines is 1. The Morgan fingerprint density at radius 3 is 2.37 bits per heavy atom. The van der Waals surface area contributed by atoms with Crippen LogP contribution in [0.5, 0.6) is 0 Å². The van der Waals surface area contributed by atoms with Crippen LogP contribution in [0, 0.1) is 0 Å². The van der Waals surface area contributed by atoms with Crippen LogP contribution >= 0.6 is 0 Å². The van der Waals surface area contributed by atoms with Crippen LogP contribution in [-0.4, -0.2) is 11.9 Å². The number of hydrogen-bond acceptors (Lipinski definition) is 1. The van der Waals surface area contributed by atoms with Gasteiger partial charge in [0.25, 0.3) is 5.91 Å². The van der Waals surface area contributed by atoms with E-state index in [0.717, 1.165) is 18.5 Å². The Kier molecular flexibility index (Phi) is 4.76. The Balaban J connectivity index is 1.51. The van der Waals surface area contributed by atoms with Gasteiger partial charge in [0.2, 0.25) is 6.04 Å². The molecule has 0 saturated heterocycles. The molecule has 0 saturated carbocycles. The lowest BCUT2D eigenvalue weighted by Gasteiger charge is -2.23. The van der Waals surface area contributed by atoms with Gasteiger partial charge in [-0.1, -0.05) is 48.5 Å². The predicted octanol–water partition coefficient (Wildman–Crippen LogP) is 4.10. The first-order valence-corrected chi connectivity index (χ1v) is 9.58. The highest BCUT2D eigenvalue weighted by atomic mass is 16.2. The third kappa shape index (κ3) is 3.50. The van der Waals surface area contributed by atoms with E-state index in [4.69, 9.17) is 0 Å². The molecule has 3 aromatic rings. The maximum atomic E-state index is 13.2. The quantitative estimate of drug-likeness (QED) is 0.645. The van der Waals surface area contributed by atoms with E-state index in [1.165, 1.54) is 16.7 Å². The lowest BCUT2D eigenvalue weighted by atomic mass is 10.1. The van der Waals surface area contributed by atoms with Crippen molar-refractivity contribution in [3.63, 3.8) is 0 Å². The monoisotopic (exact) mass is 357 g/mol. The summed E-state index contributed by atoms with van der Waals surface area (Å²) in [7, 11) is 0. The third-order valence-electron chi connectivity index (χ3n) is 5.42. The molecule has 0 N–H and O–H groups in total. The molecule has 1 amide bonds. The van der Waals surface area contributed by atoms with Gasteiger partial charge in [-0.05, 0) is 42.5 Å². The number of fused-ring (bicyclic) bond motifs is 1. The van der Waals surface area contributed by atoms with Gasteiger partial charge in [0.05, 0.1) is 0 Å². The Morgan fingerprint density at radius 2 is 1.63 bits per heavy atom. The van der Waals surface area contributed by atoms with Crippen molar-refractivity contribution in [2.24, 2.45) is 0 Å². The molecular weight excluding hydrogens is 332 g/mol. The van der Waals surface area contributed by atoms with Crippen LogP contribution in [0.4, 0.5) is 5.69 Å². The minimum absolute atomic E-state index is 0.147.